The minimum absolute atomic E-state index is 0.313. The van der Waals surface area contributed by atoms with Crippen molar-refractivity contribution in [2.45, 2.75) is 18.4 Å². The second-order valence-electron chi connectivity index (χ2n) is 7.91. The Morgan fingerprint density at radius 1 is 1.03 bits per heavy atom. The number of morpholine rings is 1. The first-order chi connectivity index (χ1) is 16.6. The van der Waals surface area contributed by atoms with Crippen molar-refractivity contribution in [1.82, 2.24) is 24.5 Å². The maximum Gasteiger partial charge on any atom is 0.201 e. The lowest BCUT2D eigenvalue weighted by Gasteiger charge is -2.27. The van der Waals surface area contributed by atoms with Crippen LogP contribution in [0.5, 0.6) is 0 Å². The van der Waals surface area contributed by atoms with Gasteiger partial charge in [-0.1, -0.05) is 12.1 Å². The normalized spacial score (nSPS) is 15.4. The predicted octanol–water partition coefficient (Wildman–Crippen LogP) is 3.50. The van der Waals surface area contributed by atoms with E-state index in [2.05, 4.69) is 25.5 Å². The van der Waals surface area contributed by atoms with E-state index in [9.17, 15) is 8.94 Å². The summed E-state index contributed by atoms with van der Waals surface area (Å²) in [4.78, 5) is 9.50. The molecule has 1 unspecified atom stereocenters. The van der Waals surface area contributed by atoms with Gasteiger partial charge in [0.15, 0.2) is 0 Å². The zero-order valence-electron chi connectivity index (χ0n) is 18.6. The van der Waals surface area contributed by atoms with Gasteiger partial charge < -0.3 is 14.6 Å². The van der Waals surface area contributed by atoms with Gasteiger partial charge in [-0.05, 0) is 48.4 Å². The molecule has 0 spiro atoms. The summed E-state index contributed by atoms with van der Waals surface area (Å²) in [6.07, 6.45) is 1.46. The van der Waals surface area contributed by atoms with Gasteiger partial charge in [0.05, 0.1) is 55.6 Å². The van der Waals surface area contributed by atoms with E-state index in [1.807, 2.05) is 35.5 Å². The van der Waals surface area contributed by atoms with Crippen molar-refractivity contribution >= 4 is 28.1 Å². The van der Waals surface area contributed by atoms with Crippen molar-refractivity contribution in [1.29, 1.82) is 0 Å². The highest BCUT2D eigenvalue weighted by Gasteiger charge is 2.28. The molecule has 0 radical (unpaired) electrons. The van der Waals surface area contributed by atoms with Crippen LogP contribution in [0.25, 0.3) is 22.0 Å². The minimum Gasteiger partial charge on any atom is -0.593 e. The molecule has 3 heterocycles. The average molecular weight is 479 g/mol. The standard InChI is InChI=1S/C24H23FN6O2S/c1-16-2-7-20(30-29-16)14-26-24-21-12-18(17-3-5-19(25)6-4-17)13-22(23(21)27-15-28-24)34(32)31-8-10-33-11-9-31/h2-7,12-13,15H,8-11,14H2,1H3,(H,26,27,28). The van der Waals surface area contributed by atoms with Gasteiger partial charge in [0, 0.05) is 11.5 Å². The first-order valence-corrected chi connectivity index (χ1v) is 12.0. The molecular weight excluding hydrogens is 455 g/mol. The van der Waals surface area contributed by atoms with Crippen molar-refractivity contribution in [2.75, 3.05) is 31.6 Å². The SMILES string of the molecule is Cc1ccc(CNc2ncnc3c([S+]([O-])N4CCOCC4)cc(-c4ccc(F)cc4)cc23)nn1. The molecule has 2 aromatic carbocycles. The Hall–Kier alpha value is -3.18. The molecule has 1 aliphatic rings. The average Bonchev–Trinajstić information content (AvgIpc) is 2.88. The summed E-state index contributed by atoms with van der Waals surface area (Å²) in [6.45, 7) is 4.49. The van der Waals surface area contributed by atoms with Crippen LogP contribution in [0.3, 0.4) is 0 Å². The van der Waals surface area contributed by atoms with Crippen molar-refractivity contribution in [3.63, 3.8) is 0 Å². The number of anilines is 1. The quantitative estimate of drug-likeness (QED) is 0.421. The third-order valence-corrected chi connectivity index (χ3v) is 7.09. The second-order valence-corrected chi connectivity index (χ2v) is 9.36. The Morgan fingerprint density at radius 3 is 2.56 bits per heavy atom. The first-order valence-electron chi connectivity index (χ1n) is 10.9. The number of fused-ring (bicyclic) bond motifs is 1. The highest BCUT2D eigenvalue weighted by molar-refractivity contribution is 7.89. The van der Waals surface area contributed by atoms with Crippen LogP contribution in [0.1, 0.15) is 11.4 Å². The largest absolute Gasteiger partial charge is 0.593 e. The highest BCUT2D eigenvalue weighted by Crippen LogP contribution is 2.34. The first kappa shape index (κ1) is 22.6. The van der Waals surface area contributed by atoms with Crippen LogP contribution in [0.15, 0.2) is 59.8 Å². The number of benzene rings is 2. The fraction of sp³-hybridized carbons (Fsp3) is 0.250. The third-order valence-electron chi connectivity index (χ3n) is 5.56. The molecule has 1 atom stereocenters. The summed E-state index contributed by atoms with van der Waals surface area (Å²) < 4.78 is 34.4. The van der Waals surface area contributed by atoms with Gasteiger partial charge in [0.25, 0.3) is 0 Å². The van der Waals surface area contributed by atoms with E-state index < -0.39 is 11.4 Å². The van der Waals surface area contributed by atoms with Gasteiger partial charge in [-0.15, -0.1) is 4.31 Å². The zero-order chi connectivity index (χ0) is 23.5. The second kappa shape index (κ2) is 9.98. The van der Waals surface area contributed by atoms with Crippen LogP contribution in [-0.4, -0.2) is 55.3 Å². The number of aryl methyl sites for hydroxylation is 1. The predicted molar refractivity (Wildman–Crippen MR) is 128 cm³/mol. The van der Waals surface area contributed by atoms with Gasteiger partial charge in [-0.25, -0.2) is 14.4 Å². The Bertz CT molecular complexity index is 1280. The van der Waals surface area contributed by atoms with E-state index in [0.29, 0.717) is 49.1 Å². The molecule has 5 rings (SSSR count). The van der Waals surface area contributed by atoms with Crippen molar-refractivity contribution in [2.24, 2.45) is 0 Å². The molecular formula is C24H23FN6O2S. The molecule has 34 heavy (non-hydrogen) atoms. The van der Waals surface area contributed by atoms with Crippen molar-refractivity contribution in [3.05, 3.63) is 72.1 Å². The number of halogens is 1. The summed E-state index contributed by atoms with van der Waals surface area (Å²) in [6, 6.07) is 13.8. The van der Waals surface area contributed by atoms with Crippen LogP contribution in [-0.2, 0) is 22.6 Å². The van der Waals surface area contributed by atoms with Crippen molar-refractivity contribution < 1.29 is 13.7 Å². The van der Waals surface area contributed by atoms with Crippen LogP contribution < -0.4 is 5.32 Å². The number of rotatable bonds is 6. The van der Waals surface area contributed by atoms with Gasteiger partial charge >= 0.3 is 0 Å². The number of hydrogen-bond donors (Lipinski definition) is 1. The minimum atomic E-state index is -1.44. The van der Waals surface area contributed by atoms with Gasteiger partial charge in [0.1, 0.15) is 23.5 Å². The van der Waals surface area contributed by atoms with Crippen LogP contribution in [0, 0.1) is 12.7 Å². The van der Waals surface area contributed by atoms with E-state index in [0.717, 1.165) is 27.9 Å². The maximum absolute atomic E-state index is 13.6. The third kappa shape index (κ3) is 4.85. The van der Waals surface area contributed by atoms with Gasteiger partial charge in [0.2, 0.25) is 4.90 Å². The monoisotopic (exact) mass is 478 g/mol. The van der Waals surface area contributed by atoms with E-state index in [1.54, 1.807) is 12.1 Å². The van der Waals surface area contributed by atoms with Gasteiger partial charge in [-0.2, -0.15) is 10.2 Å². The van der Waals surface area contributed by atoms with Gasteiger partial charge in [-0.3, -0.25) is 0 Å². The lowest BCUT2D eigenvalue weighted by atomic mass is 10.0. The molecule has 2 aromatic heterocycles. The Morgan fingerprint density at radius 2 is 1.82 bits per heavy atom. The van der Waals surface area contributed by atoms with Crippen molar-refractivity contribution in [3.8, 4) is 11.1 Å². The summed E-state index contributed by atoms with van der Waals surface area (Å²) in [5.41, 5.74) is 3.82. The van der Waals surface area contributed by atoms with E-state index in [1.165, 1.54) is 18.5 Å². The number of ether oxygens (including phenoxy) is 1. The molecule has 1 N–H and O–H groups in total. The summed E-state index contributed by atoms with van der Waals surface area (Å²) in [5.74, 6) is 0.281. The molecule has 8 nitrogen and oxygen atoms in total. The fourth-order valence-electron chi connectivity index (χ4n) is 3.77. The van der Waals surface area contributed by atoms with Crippen LogP contribution in [0.4, 0.5) is 10.2 Å². The summed E-state index contributed by atoms with van der Waals surface area (Å²) >= 11 is -1.44. The molecule has 1 saturated heterocycles. The summed E-state index contributed by atoms with van der Waals surface area (Å²) in [7, 11) is 0. The molecule has 0 saturated carbocycles. The number of aromatic nitrogens is 4. The fourth-order valence-corrected chi connectivity index (χ4v) is 5.08. The smallest absolute Gasteiger partial charge is 0.201 e. The number of nitrogens with one attached hydrogen (secondary N) is 1. The highest BCUT2D eigenvalue weighted by atomic mass is 32.2. The zero-order valence-corrected chi connectivity index (χ0v) is 19.4. The molecule has 0 aliphatic carbocycles. The lowest BCUT2D eigenvalue weighted by Crippen LogP contribution is -2.40. The van der Waals surface area contributed by atoms with Crippen LogP contribution in [0.2, 0.25) is 0 Å². The molecule has 1 fully saturated rings. The molecule has 0 amide bonds. The van der Waals surface area contributed by atoms with E-state index >= 15 is 0 Å². The van der Waals surface area contributed by atoms with E-state index in [4.69, 9.17) is 4.74 Å². The number of nitrogens with zero attached hydrogens (tertiary/aromatic N) is 5. The Kier molecular flexibility index (Phi) is 6.63. The van der Waals surface area contributed by atoms with Crippen LogP contribution >= 0.6 is 0 Å². The molecule has 4 aromatic rings. The summed E-state index contributed by atoms with van der Waals surface area (Å²) in [5, 5.41) is 12.3. The van der Waals surface area contributed by atoms with E-state index in [-0.39, 0.29) is 5.82 Å². The molecule has 1 aliphatic heterocycles. The Labute approximate surface area is 199 Å². The number of hydrogen-bond acceptors (Lipinski definition) is 8. The maximum atomic E-state index is 13.6. The Balaban J connectivity index is 1.58. The lowest BCUT2D eigenvalue weighted by molar-refractivity contribution is 0.0730. The molecule has 10 heteroatoms. The molecule has 0 bridgehead atoms. The molecule has 174 valence electrons. The topological polar surface area (TPSA) is 99.1 Å².